The first kappa shape index (κ1) is 19.1. The number of aliphatic imine (C=N–C) groups is 1. The summed E-state index contributed by atoms with van der Waals surface area (Å²) in [6, 6.07) is 1.33. The molecule has 0 spiro atoms. The van der Waals surface area contributed by atoms with Crippen LogP contribution in [0.25, 0.3) is 6.08 Å². The van der Waals surface area contributed by atoms with Crippen molar-refractivity contribution in [3.05, 3.63) is 38.4 Å². The fourth-order valence-corrected chi connectivity index (χ4v) is 2.54. The summed E-state index contributed by atoms with van der Waals surface area (Å²) in [7, 11) is 1.46. The van der Waals surface area contributed by atoms with Gasteiger partial charge in [0.1, 0.15) is 12.4 Å². The van der Waals surface area contributed by atoms with Gasteiger partial charge in [0.15, 0.2) is 11.5 Å². The Kier molecular flexibility index (Phi) is 6.08. The highest BCUT2D eigenvalue weighted by Gasteiger charge is 2.41. The van der Waals surface area contributed by atoms with Gasteiger partial charge < -0.3 is 14.8 Å². The summed E-state index contributed by atoms with van der Waals surface area (Å²) >= 11 is 3.33. The molecular weight excluding hydrogens is 410 g/mol. The van der Waals surface area contributed by atoms with Crippen molar-refractivity contribution in [2.75, 3.05) is 13.7 Å². The molecule has 0 bridgehead atoms. The molecule has 10 heteroatoms. The quantitative estimate of drug-likeness (QED) is 0.318. The predicted octanol–water partition coefficient (Wildman–Crippen LogP) is 1.18. The van der Waals surface area contributed by atoms with E-state index in [0.717, 1.165) is 0 Å². The number of benzene rings is 1. The van der Waals surface area contributed by atoms with Gasteiger partial charge in [-0.1, -0.05) is 21.9 Å². The second kappa shape index (κ2) is 8.26. The van der Waals surface area contributed by atoms with Crippen LogP contribution < -0.4 is 14.8 Å². The zero-order valence-corrected chi connectivity index (χ0v) is 15.0. The summed E-state index contributed by atoms with van der Waals surface area (Å²) in [6.07, 6.45) is 8.02. The monoisotopic (exact) mass is 421 g/mol. The first-order valence-electron chi connectivity index (χ1n) is 7.06. The van der Waals surface area contributed by atoms with E-state index in [9.17, 15) is 19.7 Å². The Labute approximate surface area is 156 Å². The van der Waals surface area contributed by atoms with Gasteiger partial charge in [0.2, 0.25) is 0 Å². The summed E-state index contributed by atoms with van der Waals surface area (Å²) in [6.45, 7) is -0.000481. The maximum atomic E-state index is 11.7. The number of nitrogens with zero attached hydrogens (tertiary/aromatic N) is 2. The van der Waals surface area contributed by atoms with E-state index in [-0.39, 0.29) is 12.4 Å². The first-order chi connectivity index (χ1) is 12.4. The van der Waals surface area contributed by atoms with Gasteiger partial charge in [0, 0.05) is 15.0 Å². The van der Waals surface area contributed by atoms with E-state index < -0.39 is 22.8 Å². The Hall–Kier alpha value is -3.19. The van der Waals surface area contributed by atoms with Crippen molar-refractivity contribution >= 4 is 39.7 Å². The highest BCUT2D eigenvalue weighted by molar-refractivity contribution is 9.10. The van der Waals surface area contributed by atoms with Gasteiger partial charge in [-0.15, -0.1) is 6.42 Å². The number of hydrogen-bond acceptors (Lipinski definition) is 6. The van der Waals surface area contributed by atoms with Gasteiger partial charge in [-0.05, 0) is 24.3 Å². The summed E-state index contributed by atoms with van der Waals surface area (Å²) in [5.41, 5.74) is 0.521. The average Bonchev–Trinajstić information content (AvgIpc) is 2.57. The van der Waals surface area contributed by atoms with E-state index in [2.05, 4.69) is 32.2 Å². The molecule has 0 aliphatic carbocycles. The number of carbonyl (C=O) groups is 2. The molecular formula is C16H12BrN3O6. The molecule has 9 nitrogen and oxygen atoms in total. The molecule has 0 radical (unpaired) electrons. The van der Waals surface area contributed by atoms with Crippen LogP contribution >= 0.6 is 15.9 Å². The van der Waals surface area contributed by atoms with E-state index >= 15 is 0 Å². The number of amidine groups is 1. The summed E-state index contributed by atoms with van der Waals surface area (Å²) in [5.74, 6) is 0.779. The van der Waals surface area contributed by atoms with Crippen molar-refractivity contribution < 1.29 is 24.0 Å². The largest absolute Gasteiger partial charge is 0.493 e. The number of terminal acetylenes is 1. The molecule has 1 atom stereocenters. The molecule has 1 heterocycles. The molecule has 2 amide bonds. The Bertz CT molecular complexity index is 871. The minimum atomic E-state index is -2.03. The first-order valence-corrected chi connectivity index (χ1v) is 7.85. The number of amides is 2. The molecule has 1 aromatic carbocycles. The van der Waals surface area contributed by atoms with Crippen molar-refractivity contribution in [3.63, 3.8) is 0 Å². The van der Waals surface area contributed by atoms with E-state index in [0.29, 0.717) is 21.5 Å². The summed E-state index contributed by atoms with van der Waals surface area (Å²) in [5, 5.41) is 12.9. The minimum Gasteiger partial charge on any atom is -0.493 e. The third-order valence-electron chi connectivity index (χ3n) is 3.16. The summed E-state index contributed by atoms with van der Waals surface area (Å²) < 4.78 is 11.4. The molecule has 0 aromatic heterocycles. The van der Waals surface area contributed by atoms with Gasteiger partial charge in [0.05, 0.1) is 7.11 Å². The van der Waals surface area contributed by atoms with E-state index in [4.69, 9.17) is 15.9 Å². The fourth-order valence-electron chi connectivity index (χ4n) is 2.08. The van der Waals surface area contributed by atoms with Crippen LogP contribution in [0.2, 0.25) is 0 Å². The molecule has 1 N–H and O–H groups in total. The Balaban J connectivity index is 2.36. The van der Waals surface area contributed by atoms with E-state index in [1.165, 1.54) is 19.3 Å². The Morgan fingerprint density at radius 1 is 1.46 bits per heavy atom. The minimum absolute atomic E-state index is 0.000481. The van der Waals surface area contributed by atoms with E-state index in [1.807, 2.05) is 0 Å². The lowest BCUT2D eigenvalue weighted by atomic mass is 10.1. The molecule has 0 fully saturated rings. The SMILES string of the molecule is C#CCOc1c(/C=C/C2=NC(=O)C([N+](=O)[O-])C(=O)N2)cc(Br)cc1OC. The number of methoxy groups -OCH3 is 1. The number of nitro groups is 1. The lowest BCUT2D eigenvalue weighted by Crippen LogP contribution is -2.50. The van der Waals surface area contributed by atoms with Gasteiger partial charge >= 0.3 is 17.9 Å². The zero-order valence-electron chi connectivity index (χ0n) is 13.4. The van der Waals surface area contributed by atoms with Crippen LogP contribution in [0.1, 0.15) is 5.56 Å². The Morgan fingerprint density at radius 2 is 2.19 bits per heavy atom. The third kappa shape index (κ3) is 4.25. The van der Waals surface area contributed by atoms with Gasteiger partial charge in [-0.25, -0.2) is 0 Å². The van der Waals surface area contributed by atoms with Crippen LogP contribution in [0.4, 0.5) is 0 Å². The molecule has 1 aromatic rings. The second-order valence-corrected chi connectivity index (χ2v) is 5.78. The molecule has 1 aliphatic heterocycles. The maximum absolute atomic E-state index is 11.7. The number of nitrogens with one attached hydrogen (secondary N) is 1. The lowest BCUT2D eigenvalue weighted by Gasteiger charge is -2.14. The van der Waals surface area contributed by atoms with Crippen LogP contribution in [-0.2, 0) is 9.59 Å². The van der Waals surface area contributed by atoms with Crippen LogP contribution in [0.15, 0.2) is 27.7 Å². The topological polar surface area (TPSA) is 120 Å². The van der Waals surface area contributed by atoms with Crippen molar-refractivity contribution in [2.24, 2.45) is 4.99 Å². The summed E-state index contributed by atoms with van der Waals surface area (Å²) in [4.78, 5) is 36.5. The van der Waals surface area contributed by atoms with Gasteiger partial charge in [-0.2, -0.15) is 4.99 Å². The molecule has 134 valence electrons. The third-order valence-corrected chi connectivity index (χ3v) is 3.62. The number of carbonyl (C=O) groups excluding carboxylic acids is 2. The van der Waals surface area contributed by atoms with Crippen LogP contribution in [-0.4, -0.2) is 42.3 Å². The molecule has 1 aliphatic rings. The van der Waals surface area contributed by atoms with Crippen LogP contribution in [0.3, 0.4) is 0 Å². The van der Waals surface area contributed by atoms with Crippen molar-refractivity contribution in [1.29, 1.82) is 0 Å². The van der Waals surface area contributed by atoms with Gasteiger partial charge in [0.25, 0.3) is 0 Å². The fraction of sp³-hybridized carbons (Fsp3) is 0.188. The number of rotatable bonds is 6. The maximum Gasteiger partial charge on any atom is 0.368 e. The number of halogens is 1. The normalized spacial score (nSPS) is 16.7. The smallest absolute Gasteiger partial charge is 0.368 e. The highest BCUT2D eigenvalue weighted by Crippen LogP contribution is 2.35. The second-order valence-electron chi connectivity index (χ2n) is 4.86. The molecule has 2 rings (SSSR count). The zero-order chi connectivity index (χ0) is 19.3. The van der Waals surface area contributed by atoms with Gasteiger partial charge in [-0.3, -0.25) is 19.7 Å². The Morgan fingerprint density at radius 3 is 2.77 bits per heavy atom. The van der Waals surface area contributed by atoms with Crippen molar-refractivity contribution in [3.8, 4) is 23.8 Å². The standard InChI is InChI=1S/C16H12BrN3O6/c1-3-6-26-14-9(7-10(17)8-11(14)25-2)4-5-12-18-15(21)13(20(23)24)16(22)19-12/h1,4-5,7-8,13H,6H2,2H3,(H,18,19,21,22)/b5-4+. The number of hydrogen-bond donors (Lipinski definition) is 1. The lowest BCUT2D eigenvalue weighted by molar-refractivity contribution is -0.493. The molecule has 0 saturated carbocycles. The van der Waals surface area contributed by atoms with Crippen LogP contribution in [0, 0.1) is 22.5 Å². The van der Waals surface area contributed by atoms with Crippen LogP contribution in [0.5, 0.6) is 11.5 Å². The number of ether oxygens (including phenoxy) is 2. The predicted molar refractivity (Wildman–Crippen MR) is 95.4 cm³/mol. The highest BCUT2D eigenvalue weighted by atomic mass is 79.9. The van der Waals surface area contributed by atoms with Crippen molar-refractivity contribution in [2.45, 2.75) is 6.04 Å². The van der Waals surface area contributed by atoms with Crippen molar-refractivity contribution in [1.82, 2.24) is 5.32 Å². The molecule has 0 saturated heterocycles. The average molecular weight is 422 g/mol. The van der Waals surface area contributed by atoms with E-state index in [1.54, 1.807) is 12.1 Å². The molecule has 1 unspecified atom stereocenters. The molecule has 26 heavy (non-hydrogen) atoms.